The highest BCUT2D eigenvalue weighted by atomic mass is 35.5. The molecule has 1 amide bonds. The van der Waals surface area contributed by atoms with Gasteiger partial charge in [-0.3, -0.25) is 4.79 Å². The molecule has 0 radical (unpaired) electrons. The van der Waals surface area contributed by atoms with Crippen molar-refractivity contribution >= 4 is 46.3 Å². The van der Waals surface area contributed by atoms with E-state index < -0.39 is 0 Å². The van der Waals surface area contributed by atoms with Gasteiger partial charge in [-0.15, -0.1) is 21.5 Å². The minimum Gasteiger partial charge on any atom is -0.323 e. The fraction of sp³-hybridized carbons (Fsp3) is 0.250. The Morgan fingerprint density at radius 3 is 2.88 bits per heavy atom. The average Bonchev–Trinajstić information content (AvgIpc) is 3.11. The molecule has 3 aromatic rings. The van der Waals surface area contributed by atoms with Crippen LogP contribution in [0.5, 0.6) is 0 Å². The molecule has 0 fully saturated rings. The van der Waals surface area contributed by atoms with Crippen molar-refractivity contribution in [3.05, 3.63) is 39.3 Å². The van der Waals surface area contributed by atoms with Crippen LogP contribution in [0.2, 0.25) is 5.15 Å². The van der Waals surface area contributed by atoms with Gasteiger partial charge in [0.15, 0.2) is 16.1 Å². The fourth-order valence-corrected chi connectivity index (χ4v) is 3.95. The normalized spacial score (nSPS) is 10.9. The second-order valence-electron chi connectivity index (χ2n) is 5.37. The van der Waals surface area contributed by atoms with E-state index in [2.05, 4.69) is 39.7 Å². The number of thiophene rings is 1. The summed E-state index contributed by atoms with van der Waals surface area (Å²) in [7, 11) is 1.90. The van der Waals surface area contributed by atoms with Crippen LogP contribution in [0.4, 0.5) is 5.69 Å². The number of rotatable bonds is 5. The molecule has 3 heterocycles. The number of thioether (sulfide) groups is 1. The third-order valence-electron chi connectivity index (χ3n) is 3.73. The van der Waals surface area contributed by atoms with E-state index >= 15 is 0 Å². The van der Waals surface area contributed by atoms with Gasteiger partial charge in [0.1, 0.15) is 0 Å². The topological polar surface area (TPSA) is 72.7 Å². The molecule has 6 nitrogen and oxygen atoms in total. The molecule has 0 atom stereocenters. The minimum atomic E-state index is -0.174. The number of carbonyl (C=O) groups is 1. The van der Waals surface area contributed by atoms with E-state index in [-0.39, 0.29) is 16.8 Å². The van der Waals surface area contributed by atoms with Gasteiger partial charge >= 0.3 is 0 Å². The Labute approximate surface area is 158 Å². The summed E-state index contributed by atoms with van der Waals surface area (Å²) in [5.74, 6) is 0.839. The van der Waals surface area contributed by atoms with Crippen LogP contribution in [-0.4, -0.2) is 31.4 Å². The van der Waals surface area contributed by atoms with Gasteiger partial charge in [0.25, 0.3) is 0 Å². The highest BCUT2D eigenvalue weighted by Crippen LogP contribution is 2.30. The summed E-state index contributed by atoms with van der Waals surface area (Å²) >= 11 is 8.96. The number of aryl methyl sites for hydroxylation is 1. The molecule has 0 spiro atoms. The van der Waals surface area contributed by atoms with E-state index in [0.29, 0.717) is 10.8 Å². The van der Waals surface area contributed by atoms with Gasteiger partial charge in [0, 0.05) is 29.1 Å². The van der Waals surface area contributed by atoms with Crippen LogP contribution in [-0.2, 0) is 11.8 Å². The number of halogens is 1. The number of anilines is 1. The number of amides is 1. The molecular formula is C16H16ClN5OS2. The number of nitrogens with one attached hydrogen (secondary N) is 1. The zero-order chi connectivity index (χ0) is 18.0. The van der Waals surface area contributed by atoms with Gasteiger partial charge in [0.2, 0.25) is 5.91 Å². The molecule has 25 heavy (non-hydrogen) atoms. The van der Waals surface area contributed by atoms with Crippen molar-refractivity contribution in [3.8, 4) is 11.4 Å². The maximum absolute atomic E-state index is 12.1. The van der Waals surface area contributed by atoms with Crippen molar-refractivity contribution in [1.29, 1.82) is 0 Å². The summed E-state index contributed by atoms with van der Waals surface area (Å²) in [6, 6.07) is 3.43. The van der Waals surface area contributed by atoms with Crippen molar-refractivity contribution < 1.29 is 4.79 Å². The first-order valence-corrected chi connectivity index (χ1v) is 9.69. The molecule has 0 bridgehead atoms. The van der Waals surface area contributed by atoms with Crippen molar-refractivity contribution in [1.82, 2.24) is 19.7 Å². The summed E-state index contributed by atoms with van der Waals surface area (Å²) in [6.45, 7) is 4.16. The van der Waals surface area contributed by atoms with Gasteiger partial charge in [-0.25, -0.2) is 4.98 Å². The van der Waals surface area contributed by atoms with E-state index in [1.54, 1.807) is 29.7 Å². The number of hydrogen-bond donors (Lipinski definition) is 1. The summed E-state index contributed by atoms with van der Waals surface area (Å²) in [5, 5.41) is 14.3. The molecule has 0 saturated heterocycles. The van der Waals surface area contributed by atoms with Crippen LogP contribution in [0.15, 0.2) is 28.9 Å². The summed E-state index contributed by atoms with van der Waals surface area (Å²) in [6.07, 6.45) is 1.57. The highest BCUT2D eigenvalue weighted by Gasteiger charge is 2.16. The lowest BCUT2D eigenvalue weighted by Crippen LogP contribution is -2.15. The Balaban J connectivity index is 1.67. The molecule has 0 aliphatic rings. The molecule has 0 aliphatic carbocycles. The Morgan fingerprint density at radius 2 is 2.20 bits per heavy atom. The average molecular weight is 394 g/mol. The maximum atomic E-state index is 12.1. The molecule has 130 valence electrons. The molecule has 0 saturated carbocycles. The first kappa shape index (κ1) is 17.9. The first-order chi connectivity index (χ1) is 12.0. The second-order valence-corrected chi connectivity index (χ2v) is 7.76. The quantitative estimate of drug-likeness (QED) is 0.525. The van der Waals surface area contributed by atoms with Crippen molar-refractivity contribution in [2.24, 2.45) is 7.05 Å². The predicted molar refractivity (Wildman–Crippen MR) is 102 cm³/mol. The van der Waals surface area contributed by atoms with Gasteiger partial charge in [-0.2, -0.15) is 0 Å². The van der Waals surface area contributed by atoms with Crippen LogP contribution in [0, 0.1) is 13.8 Å². The Kier molecular flexibility index (Phi) is 5.41. The standard InChI is InChI=1S/C16H16ClN5OS2/c1-9-10(2)24-7-11(9)15-20-21-16(22(15)3)25-8-13(23)19-12-5-4-6-18-14(12)17/h4-7H,8H2,1-3H3,(H,19,23). The van der Waals surface area contributed by atoms with Crippen LogP contribution >= 0.6 is 34.7 Å². The lowest BCUT2D eigenvalue weighted by atomic mass is 10.2. The van der Waals surface area contributed by atoms with E-state index in [1.165, 1.54) is 22.2 Å². The molecule has 1 N–H and O–H groups in total. The second kappa shape index (κ2) is 7.55. The number of pyridine rings is 1. The zero-order valence-corrected chi connectivity index (χ0v) is 16.3. The van der Waals surface area contributed by atoms with Crippen LogP contribution < -0.4 is 5.32 Å². The Morgan fingerprint density at radius 1 is 1.40 bits per heavy atom. The Hall–Kier alpha value is -1.90. The minimum absolute atomic E-state index is 0.174. The van der Waals surface area contributed by atoms with Crippen LogP contribution in [0.25, 0.3) is 11.4 Å². The molecule has 0 unspecified atom stereocenters. The van der Waals surface area contributed by atoms with Crippen molar-refractivity contribution in [2.75, 3.05) is 11.1 Å². The molecular weight excluding hydrogens is 378 g/mol. The van der Waals surface area contributed by atoms with Gasteiger partial charge in [0.05, 0.1) is 11.4 Å². The largest absolute Gasteiger partial charge is 0.323 e. The van der Waals surface area contributed by atoms with E-state index in [0.717, 1.165) is 11.4 Å². The van der Waals surface area contributed by atoms with Gasteiger partial charge < -0.3 is 9.88 Å². The zero-order valence-electron chi connectivity index (χ0n) is 13.9. The maximum Gasteiger partial charge on any atom is 0.234 e. The number of carbonyl (C=O) groups excluding carboxylic acids is 1. The molecule has 3 aromatic heterocycles. The third-order valence-corrected chi connectivity index (χ3v) is 6.06. The van der Waals surface area contributed by atoms with Gasteiger partial charge in [-0.1, -0.05) is 23.4 Å². The monoisotopic (exact) mass is 393 g/mol. The third kappa shape index (κ3) is 3.86. The van der Waals surface area contributed by atoms with E-state index in [9.17, 15) is 4.79 Å². The smallest absolute Gasteiger partial charge is 0.234 e. The Bertz CT molecular complexity index is 921. The van der Waals surface area contributed by atoms with Crippen LogP contribution in [0.3, 0.4) is 0 Å². The number of hydrogen-bond acceptors (Lipinski definition) is 6. The van der Waals surface area contributed by atoms with E-state index in [4.69, 9.17) is 11.6 Å². The van der Waals surface area contributed by atoms with Crippen molar-refractivity contribution in [3.63, 3.8) is 0 Å². The highest BCUT2D eigenvalue weighted by molar-refractivity contribution is 7.99. The lowest BCUT2D eigenvalue weighted by molar-refractivity contribution is -0.113. The van der Waals surface area contributed by atoms with Gasteiger partial charge in [-0.05, 0) is 31.5 Å². The lowest BCUT2D eigenvalue weighted by Gasteiger charge is -2.06. The number of aromatic nitrogens is 4. The molecule has 0 aromatic carbocycles. The summed E-state index contributed by atoms with van der Waals surface area (Å²) in [4.78, 5) is 17.3. The molecule has 0 aliphatic heterocycles. The van der Waals surface area contributed by atoms with E-state index in [1.807, 2.05) is 11.6 Å². The number of nitrogens with zero attached hydrogens (tertiary/aromatic N) is 4. The van der Waals surface area contributed by atoms with Crippen LogP contribution in [0.1, 0.15) is 10.4 Å². The summed E-state index contributed by atoms with van der Waals surface area (Å²) < 4.78 is 1.91. The molecule has 3 rings (SSSR count). The first-order valence-electron chi connectivity index (χ1n) is 7.45. The van der Waals surface area contributed by atoms with Crippen molar-refractivity contribution in [2.45, 2.75) is 19.0 Å². The summed E-state index contributed by atoms with van der Waals surface area (Å²) in [5.41, 5.74) is 2.79. The predicted octanol–water partition coefficient (Wildman–Crippen LogP) is 3.94. The SMILES string of the molecule is Cc1scc(-c2nnc(SCC(=O)Nc3cccnc3Cl)n2C)c1C. The fourth-order valence-electron chi connectivity index (χ4n) is 2.20. The molecule has 9 heteroatoms.